The van der Waals surface area contributed by atoms with Crippen molar-refractivity contribution in [2.75, 3.05) is 5.88 Å². The molecule has 5 nitrogen and oxygen atoms in total. The number of amidine groups is 1. The number of thioether (sulfide) groups is 1. The van der Waals surface area contributed by atoms with Gasteiger partial charge in [0.25, 0.3) is 11.8 Å². The van der Waals surface area contributed by atoms with Gasteiger partial charge in [0.15, 0.2) is 5.17 Å². The molecule has 0 bridgehead atoms. The smallest absolute Gasteiger partial charge is 0.262 e. The van der Waals surface area contributed by atoms with E-state index in [-0.39, 0.29) is 22.9 Å². The molecule has 0 radical (unpaired) electrons. The number of imide groups is 1. The van der Waals surface area contributed by atoms with E-state index in [1.807, 2.05) is 0 Å². The number of fused-ring (bicyclic) bond motifs is 1. The molecule has 2 rings (SSSR count). The van der Waals surface area contributed by atoms with Gasteiger partial charge in [-0.05, 0) is 12.1 Å². The third-order valence-electron chi connectivity index (χ3n) is 2.23. The number of hydrogen-bond donors (Lipinski definition) is 2. The summed E-state index contributed by atoms with van der Waals surface area (Å²) in [5, 5.41) is 6.93. The van der Waals surface area contributed by atoms with Gasteiger partial charge in [-0.1, -0.05) is 23.9 Å². The summed E-state index contributed by atoms with van der Waals surface area (Å²) < 4.78 is 0. The third-order valence-corrected chi connectivity index (χ3v) is 2.93. The largest absolute Gasteiger partial charge is 0.379 e. The lowest BCUT2D eigenvalue weighted by molar-refractivity contribution is 0.0684. The van der Waals surface area contributed by atoms with E-state index in [1.54, 1.807) is 24.3 Å². The normalized spacial score (nSPS) is 14.1. The van der Waals surface area contributed by atoms with Crippen molar-refractivity contribution in [3.05, 3.63) is 35.4 Å². The zero-order valence-electron chi connectivity index (χ0n) is 8.27. The molecule has 0 fully saturated rings. The summed E-state index contributed by atoms with van der Waals surface area (Å²) in [5.41, 5.74) is 5.99. The van der Waals surface area contributed by atoms with E-state index in [0.717, 1.165) is 16.7 Å². The molecule has 1 aliphatic rings. The summed E-state index contributed by atoms with van der Waals surface area (Å²) in [4.78, 5) is 24.7. The highest BCUT2D eigenvalue weighted by atomic mass is 32.2. The van der Waals surface area contributed by atoms with Crippen LogP contribution in [0.3, 0.4) is 0 Å². The summed E-state index contributed by atoms with van der Waals surface area (Å²) in [5.74, 6) is -0.564. The molecule has 82 valence electrons. The van der Waals surface area contributed by atoms with Gasteiger partial charge in [0.05, 0.1) is 17.0 Å². The summed E-state index contributed by atoms with van der Waals surface area (Å²) in [6.07, 6.45) is 0. The van der Waals surface area contributed by atoms with Gasteiger partial charge in [-0.15, -0.1) is 0 Å². The molecule has 0 saturated heterocycles. The molecule has 0 atom stereocenters. The standard InChI is InChI=1S/C10H9N3O2S/c11-10(12)16-5-13-8(14)6-3-1-2-4-7(6)9(13)15/h1-4H,5H2,(H3,11,12). The molecule has 1 aromatic rings. The third kappa shape index (κ3) is 1.67. The number of nitrogens with two attached hydrogens (primary N) is 1. The minimum atomic E-state index is -0.325. The highest BCUT2D eigenvalue weighted by Crippen LogP contribution is 2.23. The van der Waals surface area contributed by atoms with E-state index in [2.05, 4.69) is 0 Å². The lowest BCUT2D eigenvalue weighted by atomic mass is 10.1. The van der Waals surface area contributed by atoms with Crippen LogP contribution in [-0.2, 0) is 0 Å². The Bertz CT molecular complexity index is 452. The maximum absolute atomic E-state index is 11.8. The number of carbonyl (C=O) groups excluding carboxylic acids is 2. The quantitative estimate of drug-likeness (QED) is 0.452. The molecule has 1 aliphatic heterocycles. The van der Waals surface area contributed by atoms with Crippen LogP contribution in [0.15, 0.2) is 24.3 Å². The van der Waals surface area contributed by atoms with Crippen LogP contribution in [0.1, 0.15) is 20.7 Å². The predicted molar refractivity (Wildman–Crippen MR) is 61.3 cm³/mol. The average Bonchev–Trinajstić information content (AvgIpc) is 2.50. The maximum Gasteiger partial charge on any atom is 0.262 e. The first kappa shape index (κ1) is 10.7. The molecule has 3 N–H and O–H groups in total. The fraction of sp³-hybridized carbons (Fsp3) is 0.100. The van der Waals surface area contributed by atoms with Crippen molar-refractivity contribution in [3.63, 3.8) is 0 Å². The molecule has 16 heavy (non-hydrogen) atoms. The second kappa shape index (κ2) is 3.97. The zero-order chi connectivity index (χ0) is 11.7. The van der Waals surface area contributed by atoms with E-state index in [0.29, 0.717) is 11.1 Å². The first-order valence-corrected chi connectivity index (χ1v) is 5.52. The molecule has 1 aromatic carbocycles. The second-order valence-corrected chi connectivity index (χ2v) is 4.21. The Morgan fingerprint density at radius 3 is 2.19 bits per heavy atom. The van der Waals surface area contributed by atoms with Crippen molar-refractivity contribution < 1.29 is 9.59 Å². The van der Waals surface area contributed by atoms with Crippen molar-refractivity contribution in [2.24, 2.45) is 5.73 Å². The second-order valence-electron chi connectivity index (χ2n) is 3.22. The highest BCUT2D eigenvalue weighted by molar-refractivity contribution is 8.13. The van der Waals surface area contributed by atoms with Gasteiger partial charge < -0.3 is 5.73 Å². The molecular formula is C10H9N3O2S. The van der Waals surface area contributed by atoms with Gasteiger partial charge in [-0.25, -0.2) is 0 Å². The number of nitrogens with zero attached hydrogens (tertiary/aromatic N) is 1. The minimum absolute atomic E-state index is 0.0850. The Kier molecular flexibility index (Phi) is 2.66. The number of amides is 2. The van der Waals surface area contributed by atoms with Gasteiger partial charge in [-0.3, -0.25) is 19.9 Å². The minimum Gasteiger partial charge on any atom is -0.379 e. The van der Waals surface area contributed by atoms with E-state index >= 15 is 0 Å². The lowest BCUT2D eigenvalue weighted by Crippen LogP contribution is -2.30. The summed E-state index contributed by atoms with van der Waals surface area (Å²) >= 11 is 0.952. The Hall–Kier alpha value is -1.82. The number of rotatable bonds is 2. The number of hydrogen-bond acceptors (Lipinski definition) is 4. The maximum atomic E-state index is 11.8. The zero-order valence-corrected chi connectivity index (χ0v) is 9.08. The van der Waals surface area contributed by atoms with Crippen LogP contribution in [0.5, 0.6) is 0 Å². The topological polar surface area (TPSA) is 87.2 Å². The fourth-order valence-corrected chi connectivity index (χ4v) is 1.99. The van der Waals surface area contributed by atoms with Crippen LogP contribution < -0.4 is 5.73 Å². The SMILES string of the molecule is N=C(N)SCN1C(=O)c2ccccc2C1=O. The molecule has 6 heteroatoms. The van der Waals surface area contributed by atoms with Gasteiger partial charge >= 0.3 is 0 Å². The van der Waals surface area contributed by atoms with E-state index < -0.39 is 0 Å². The van der Waals surface area contributed by atoms with Crippen LogP contribution in [-0.4, -0.2) is 27.8 Å². The van der Waals surface area contributed by atoms with Crippen molar-refractivity contribution in [2.45, 2.75) is 0 Å². The number of carbonyl (C=O) groups is 2. The molecule has 0 saturated carbocycles. The summed E-state index contributed by atoms with van der Waals surface area (Å²) in [7, 11) is 0. The molecule has 2 amide bonds. The van der Waals surface area contributed by atoms with Crippen molar-refractivity contribution in [1.82, 2.24) is 4.90 Å². The van der Waals surface area contributed by atoms with E-state index in [4.69, 9.17) is 11.1 Å². The lowest BCUT2D eigenvalue weighted by Gasteiger charge is -2.11. The Labute approximate surface area is 96.1 Å². The van der Waals surface area contributed by atoms with Gasteiger partial charge in [-0.2, -0.15) is 0 Å². The van der Waals surface area contributed by atoms with E-state index in [9.17, 15) is 9.59 Å². The van der Waals surface area contributed by atoms with E-state index in [1.165, 1.54) is 0 Å². The summed E-state index contributed by atoms with van der Waals surface area (Å²) in [6.45, 7) is 0. The van der Waals surface area contributed by atoms with Crippen molar-refractivity contribution in [1.29, 1.82) is 5.41 Å². The van der Waals surface area contributed by atoms with Gasteiger partial charge in [0.1, 0.15) is 0 Å². The molecular weight excluding hydrogens is 226 g/mol. The average molecular weight is 235 g/mol. The van der Waals surface area contributed by atoms with Crippen LogP contribution in [0.25, 0.3) is 0 Å². The van der Waals surface area contributed by atoms with Crippen LogP contribution in [0, 0.1) is 5.41 Å². The molecule has 0 unspecified atom stereocenters. The van der Waals surface area contributed by atoms with Crippen molar-refractivity contribution >= 4 is 28.7 Å². The first-order chi connectivity index (χ1) is 7.61. The Balaban J connectivity index is 2.25. The predicted octanol–water partition coefficient (Wildman–Crippen LogP) is 0.867. The molecule has 1 heterocycles. The van der Waals surface area contributed by atoms with Crippen molar-refractivity contribution in [3.8, 4) is 0 Å². The fourth-order valence-electron chi connectivity index (χ4n) is 1.49. The highest BCUT2D eigenvalue weighted by Gasteiger charge is 2.34. The summed E-state index contributed by atoms with van der Waals surface area (Å²) in [6, 6.07) is 6.67. The molecule has 0 spiro atoms. The van der Waals surface area contributed by atoms with Crippen LogP contribution in [0.2, 0.25) is 0 Å². The monoisotopic (exact) mass is 235 g/mol. The molecule has 0 aromatic heterocycles. The number of nitrogens with one attached hydrogen (secondary N) is 1. The van der Waals surface area contributed by atoms with Gasteiger partial charge in [0.2, 0.25) is 0 Å². The number of benzene rings is 1. The van der Waals surface area contributed by atoms with Crippen LogP contribution in [0.4, 0.5) is 0 Å². The Morgan fingerprint density at radius 1 is 1.25 bits per heavy atom. The first-order valence-electron chi connectivity index (χ1n) is 4.53. The van der Waals surface area contributed by atoms with Crippen LogP contribution >= 0.6 is 11.8 Å². The Morgan fingerprint density at radius 2 is 1.75 bits per heavy atom. The molecule has 0 aliphatic carbocycles. The van der Waals surface area contributed by atoms with Gasteiger partial charge in [0, 0.05) is 0 Å².